The molecule has 0 aromatic heterocycles. The Bertz CT molecular complexity index is 937. The first-order valence-electron chi connectivity index (χ1n) is 9.01. The maximum atomic E-state index is 13.2. The van der Waals surface area contributed by atoms with Gasteiger partial charge in [-0.15, -0.1) is 0 Å². The van der Waals surface area contributed by atoms with Crippen molar-refractivity contribution in [3.05, 3.63) is 69.7 Å². The molecule has 1 aliphatic heterocycles. The lowest BCUT2D eigenvalue weighted by molar-refractivity contribution is -0.127. The molecule has 1 saturated heterocycles. The van der Waals surface area contributed by atoms with Crippen LogP contribution in [0.15, 0.2) is 48.5 Å². The summed E-state index contributed by atoms with van der Waals surface area (Å²) in [5.74, 6) is -0.0753. The number of amides is 1. The van der Waals surface area contributed by atoms with E-state index in [-0.39, 0.29) is 23.5 Å². The molecule has 0 aliphatic carbocycles. The van der Waals surface area contributed by atoms with E-state index >= 15 is 0 Å². The maximum absolute atomic E-state index is 13.2. The molecule has 1 fully saturated rings. The van der Waals surface area contributed by atoms with Crippen molar-refractivity contribution in [1.82, 2.24) is 10.2 Å². The van der Waals surface area contributed by atoms with Crippen molar-refractivity contribution in [2.75, 3.05) is 24.6 Å². The number of hydrogen-bond acceptors (Lipinski definition) is 4. The van der Waals surface area contributed by atoms with Crippen LogP contribution in [-0.4, -0.2) is 43.8 Å². The first-order valence-corrected chi connectivity index (χ1v) is 11.6. The molecule has 28 heavy (non-hydrogen) atoms. The van der Waals surface area contributed by atoms with Crippen LogP contribution in [0.5, 0.6) is 0 Å². The zero-order valence-electron chi connectivity index (χ0n) is 15.4. The van der Waals surface area contributed by atoms with Crippen molar-refractivity contribution >= 4 is 38.9 Å². The van der Waals surface area contributed by atoms with Gasteiger partial charge >= 0.3 is 0 Å². The fraction of sp³-hybridized carbons (Fsp3) is 0.350. The molecule has 2 aromatic carbocycles. The van der Waals surface area contributed by atoms with Crippen molar-refractivity contribution in [1.29, 1.82) is 0 Å². The first kappa shape index (κ1) is 21.1. The van der Waals surface area contributed by atoms with Crippen LogP contribution in [0.3, 0.4) is 0 Å². The number of carbonyl (C=O) groups excluding carboxylic acids is 1. The van der Waals surface area contributed by atoms with Crippen LogP contribution in [-0.2, 0) is 14.6 Å². The van der Waals surface area contributed by atoms with Crippen molar-refractivity contribution in [3.63, 3.8) is 0 Å². The Balaban J connectivity index is 1.82. The second-order valence-electron chi connectivity index (χ2n) is 6.90. The number of carbonyl (C=O) groups is 1. The number of nitrogens with one attached hydrogen (secondary N) is 1. The summed E-state index contributed by atoms with van der Waals surface area (Å²) in [4.78, 5) is 15.1. The molecule has 0 radical (unpaired) electrons. The van der Waals surface area contributed by atoms with Crippen LogP contribution in [0.1, 0.15) is 30.1 Å². The predicted molar refractivity (Wildman–Crippen MR) is 112 cm³/mol. The maximum Gasteiger partial charge on any atom is 0.242 e. The van der Waals surface area contributed by atoms with E-state index in [1.165, 1.54) is 0 Å². The summed E-state index contributed by atoms with van der Waals surface area (Å²) in [6, 6.07) is 13.7. The lowest BCUT2D eigenvalue weighted by atomic mass is 10.0. The van der Waals surface area contributed by atoms with Crippen LogP contribution < -0.4 is 5.32 Å². The number of nitrogens with zero attached hydrogens (tertiary/aromatic N) is 1. The van der Waals surface area contributed by atoms with E-state index in [0.29, 0.717) is 23.1 Å². The van der Waals surface area contributed by atoms with Crippen molar-refractivity contribution in [3.8, 4) is 0 Å². The van der Waals surface area contributed by atoms with Gasteiger partial charge in [0.25, 0.3) is 0 Å². The Kier molecular flexibility index (Phi) is 6.65. The summed E-state index contributed by atoms with van der Waals surface area (Å²) in [6.07, 6.45) is 0. The van der Waals surface area contributed by atoms with Gasteiger partial charge in [0, 0.05) is 23.1 Å². The molecule has 3 rings (SSSR count). The molecule has 8 heteroatoms. The molecule has 1 heterocycles. The van der Waals surface area contributed by atoms with Crippen LogP contribution >= 0.6 is 23.2 Å². The van der Waals surface area contributed by atoms with Crippen LogP contribution in [0.2, 0.25) is 10.0 Å². The second-order valence-corrected chi connectivity index (χ2v) is 10.0. The molecule has 0 spiro atoms. The van der Waals surface area contributed by atoms with Gasteiger partial charge < -0.3 is 5.32 Å². The molecule has 2 atom stereocenters. The topological polar surface area (TPSA) is 66.5 Å². The summed E-state index contributed by atoms with van der Waals surface area (Å²) in [5, 5.41) is 4.03. The van der Waals surface area contributed by atoms with Crippen LogP contribution in [0.4, 0.5) is 0 Å². The highest BCUT2D eigenvalue weighted by molar-refractivity contribution is 7.91. The van der Waals surface area contributed by atoms with E-state index in [9.17, 15) is 13.2 Å². The smallest absolute Gasteiger partial charge is 0.242 e. The normalized spacial score (nSPS) is 19.0. The number of rotatable bonds is 5. The third kappa shape index (κ3) is 5.06. The zero-order valence-corrected chi connectivity index (χ0v) is 17.8. The number of hydrogen-bond donors (Lipinski definition) is 1. The van der Waals surface area contributed by atoms with E-state index < -0.39 is 15.9 Å². The molecule has 2 aromatic rings. The summed E-state index contributed by atoms with van der Waals surface area (Å²) in [6.45, 7) is 2.51. The highest BCUT2D eigenvalue weighted by Crippen LogP contribution is 2.28. The largest absolute Gasteiger partial charge is 0.348 e. The van der Waals surface area contributed by atoms with Gasteiger partial charge in [-0.3, -0.25) is 9.69 Å². The summed E-state index contributed by atoms with van der Waals surface area (Å²) in [5.41, 5.74) is 1.60. The molecule has 1 N–H and O–H groups in total. The molecule has 5 nitrogen and oxygen atoms in total. The SMILES string of the molecule is CC(NC(=O)C(c1ccccc1)N1CCS(=O)(=O)CC1)c1ccc(Cl)cc1Cl. The van der Waals surface area contributed by atoms with Crippen molar-refractivity contribution in [2.24, 2.45) is 0 Å². The number of sulfone groups is 1. The molecular weight excluding hydrogens is 419 g/mol. The second kappa shape index (κ2) is 8.82. The van der Waals surface area contributed by atoms with Crippen LogP contribution in [0.25, 0.3) is 0 Å². The first-order chi connectivity index (χ1) is 13.3. The van der Waals surface area contributed by atoms with Gasteiger partial charge in [0.2, 0.25) is 5.91 Å². The number of benzene rings is 2. The lowest BCUT2D eigenvalue weighted by Gasteiger charge is -2.34. The van der Waals surface area contributed by atoms with E-state index in [0.717, 1.165) is 11.1 Å². The molecule has 2 unspecified atom stereocenters. The lowest BCUT2D eigenvalue weighted by Crippen LogP contribution is -2.48. The monoisotopic (exact) mass is 440 g/mol. The molecule has 0 bridgehead atoms. The van der Waals surface area contributed by atoms with Crippen molar-refractivity contribution < 1.29 is 13.2 Å². The van der Waals surface area contributed by atoms with Crippen molar-refractivity contribution in [2.45, 2.75) is 19.0 Å². The van der Waals surface area contributed by atoms with E-state index in [1.807, 2.05) is 42.2 Å². The van der Waals surface area contributed by atoms with Gasteiger partial charge in [0.05, 0.1) is 17.5 Å². The average Bonchev–Trinajstić information content (AvgIpc) is 2.64. The highest BCUT2D eigenvalue weighted by atomic mass is 35.5. The van der Waals surface area contributed by atoms with Gasteiger partial charge in [0.1, 0.15) is 6.04 Å². The Morgan fingerprint density at radius 2 is 1.71 bits per heavy atom. The summed E-state index contributed by atoms with van der Waals surface area (Å²) < 4.78 is 23.6. The third-order valence-corrected chi connectivity index (χ3v) is 7.07. The van der Waals surface area contributed by atoms with Gasteiger partial charge in [0.15, 0.2) is 9.84 Å². The minimum Gasteiger partial charge on any atom is -0.348 e. The van der Waals surface area contributed by atoms with E-state index in [1.54, 1.807) is 18.2 Å². The van der Waals surface area contributed by atoms with E-state index in [4.69, 9.17) is 23.2 Å². The van der Waals surface area contributed by atoms with Gasteiger partial charge in [-0.25, -0.2) is 8.42 Å². The molecule has 0 saturated carbocycles. The Morgan fingerprint density at radius 3 is 2.32 bits per heavy atom. The summed E-state index contributed by atoms with van der Waals surface area (Å²) in [7, 11) is -3.04. The van der Waals surface area contributed by atoms with E-state index in [2.05, 4.69) is 5.32 Å². The average molecular weight is 441 g/mol. The minimum atomic E-state index is -3.04. The fourth-order valence-corrected chi connectivity index (χ4v) is 5.17. The standard InChI is InChI=1S/C20H22Cl2N2O3S/c1-14(17-8-7-16(21)13-18(17)22)23-20(25)19(15-5-3-2-4-6-15)24-9-11-28(26,27)12-10-24/h2-8,13-14,19H,9-12H2,1H3,(H,23,25). The Labute approximate surface area is 175 Å². The molecule has 1 amide bonds. The minimum absolute atomic E-state index is 0.0577. The van der Waals surface area contributed by atoms with Gasteiger partial charge in [-0.2, -0.15) is 0 Å². The van der Waals surface area contributed by atoms with Crippen LogP contribution in [0, 0.1) is 0 Å². The Morgan fingerprint density at radius 1 is 1.07 bits per heavy atom. The molecular formula is C20H22Cl2N2O3S. The summed E-state index contributed by atoms with van der Waals surface area (Å²) >= 11 is 12.2. The predicted octanol–water partition coefficient (Wildman–Crippen LogP) is 3.64. The quantitative estimate of drug-likeness (QED) is 0.770. The third-order valence-electron chi connectivity index (χ3n) is 4.90. The highest BCUT2D eigenvalue weighted by Gasteiger charge is 2.33. The number of halogens is 2. The molecule has 1 aliphatic rings. The van der Waals surface area contributed by atoms with Gasteiger partial charge in [-0.1, -0.05) is 59.6 Å². The zero-order chi connectivity index (χ0) is 20.3. The Hall–Kier alpha value is -1.60. The van der Waals surface area contributed by atoms with Gasteiger partial charge in [-0.05, 0) is 30.2 Å². The molecule has 150 valence electrons. The fourth-order valence-electron chi connectivity index (χ4n) is 3.37.